The van der Waals surface area contributed by atoms with Crippen molar-refractivity contribution in [1.29, 1.82) is 0 Å². The van der Waals surface area contributed by atoms with Crippen molar-refractivity contribution in [2.24, 2.45) is 0 Å². The maximum Gasteiger partial charge on any atom is 0.0724 e. The van der Waals surface area contributed by atoms with Gasteiger partial charge in [-0.05, 0) is 48.6 Å². The van der Waals surface area contributed by atoms with E-state index in [1.807, 2.05) is 36.0 Å². The standard InChI is InChI=1S/C14H17N3S/c15-14-11-2-1-7-16-12(11)3-4-13(14)17-10-5-8-18-9-6-10/h1-4,7,10,17H,5-6,8-9,15H2. The number of anilines is 2. The summed E-state index contributed by atoms with van der Waals surface area (Å²) in [7, 11) is 0. The lowest BCUT2D eigenvalue weighted by atomic mass is 10.1. The summed E-state index contributed by atoms with van der Waals surface area (Å²) in [6.07, 6.45) is 4.23. The van der Waals surface area contributed by atoms with Crippen LogP contribution in [0, 0.1) is 0 Å². The smallest absolute Gasteiger partial charge is 0.0724 e. The maximum absolute atomic E-state index is 6.23. The number of hydrogen-bond acceptors (Lipinski definition) is 4. The molecular weight excluding hydrogens is 242 g/mol. The third-order valence-corrected chi connectivity index (χ3v) is 4.46. The van der Waals surface area contributed by atoms with Crippen LogP contribution < -0.4 is 11.1 Å². The number of nitrogens with zero attached hydrogens (tertiary/aromatic N) is 1. The van der Waals surface area contributed by atoms with Gasteiger partial charge in [0.15, 0.2) is 0 Å². The minimum atomic E-state index is 0.558. The van der Waals surface area contributed by atoms with Crippen molar-refractivity contribution in [3.63, 3.8) is 0 Å². The highest BCUT2D eigenvalue weighted by Gasteiger charge is 2.15. The summed E-state index contributed by atoms with van der Waals surface area (Å²) in [5.41, 5.74) is 9.05. The second-order valence-electron chi connectivity index (χ2n) is 4.63. The predicted molar refractivity (Wildman–Crippen MR) is 80.1 cm³/mol. The summed E-state index contributed by atoms with van der Waals surface area (Å²) in [6, 6.07) is 8.60. The number of fused-ring (bicyclic) bond motifs is 1. The third kappa shape index (κ3) is 2.25. The van der Waals surface area contributed by atoms with Gasteiger partial charge in [0.25, 0.3) is 0 Å². The molecule has 0 atom stereocenters. The van der Waals surface area contributed by atoms with Crippen molar-refractivity contribution in [1.82, 2.24) is 4.98 Å². The van der Waals surface area contributed by atoms with Crippen LogP contribution in [0.4, 0.5) is 11.4 Å². The summed E-state index contributed by atoms with van der Waals surface area (Å²) >= 11 is 2.03. The van der Waals surface area contributed by atoms with Gasteiger partial charge >= 0.3 is 0 Å². The maximum atomic E-state index is 6.23. The largest absolute Gasteiger partial charge is 0.397 e. The molecule has 0 unspecified atom stereocenters. The molecule has 1 saturated heterocycles. The Morgan fingerprint density at radius 3 is 2.89 bits per heavy atom. The van der Waals surface area contributed by atoms with Crippen LogP contribution in [0.3, 0.4) is 0 Å². The highest BCUT2D eigenvalue weighted by molar-refractivity contribution is 7.99. The zero-order chi connectivity index (χ0) is 12.4. The molecule has 0 aliphatic carbocycles. The van der Waals surface area contributed by atoms with Crippen molar-refractivity contribution < 1.29 is 0 Å². The van der Waals surface area contributed by atoms with E-state index in [2.05, 4.69) is 10.3 Å². The quantitative estimate of drug-likeness (QED) is 0.814. The fourth-order valence-electron chi connectivity index (χ4n) is 2.36. The topological polar surface area (TPSA) is 50.9 Å². The van der Waals surface area contributed by atoms with Crippen molar-refractivity contribution in [2.75, 3.05) is 22.6 Å². The van der Waals surface area contributed by atoms with E-state index < -0.39 is 0 Å². The van der Waals surface area contributed by atoms with Crippen molar-refractivity contribution in [3.8, 4) is 0 Å². The monoisotopic (exact) mass is 259 g/mol. The Balaban J connectivity index is 1.89. The number of nitrogens with one attached hydrogen (secondary N) is 1. The minimum Gasteiger partial charge on any atom is -0.397 e. The first-order valence-corrected chi connectivity index (χ1v) is 7.47. The molecule has 18 heavy (non-hydrogen) atoms. The number of aromatic nitrogens is 1. The second kappa shape index (κ2) is 5.06. The molecule has 1 aliphatic heterocycles. The van der Waals surface area contributed by atoms with E-state index >= 15 is 0 Å². The molecule has 0 radical (unpaired) electrons. The molecule has 4 heteroatoms. The Labute approximate surface area is 111 Å². The van der Waals surface area contributed by atoms with Gasteiger partial charge in [0.2, 0.25) is 0 Å². The average Bonchev–Trinajstić information content (AvgIpc) is 2.43. The molecule has 94 valence electrons. The third-order valence-electron chi connectivity index (χ3n) is 3.41. The molecule has 1 aliphatic rings. The summed E-state index contributed by atoms with van der Waals surface area (Å²) in [5.74, 6) is 2.49. The number of nitrogens with two attached hydrogens (primary N) is 1. The van der Waals surface area contributed by atoms with E-state index in [0.717, 1.165) is 22.3 Å². The highest BCUT2D eigenvalue weighted by Crippen LogP contribution is 2.29. The van der Waals surface area contributed by atoms with Crippen LogP contribution in [0.5, 0.6) is 0 Å². The normalized spacial score (nSPS) is 16.9. The van der Waals surface area contributed by atoms with Crippen LogP contribution in [-0.4, -0.2) is 22.5 Å². The van der Waals surface area contributed by atoms with Gasteiger partial charge in [-0.15, -0.1) is 0 Å². The van der Waals surface area contributed by atoms with Gasteiger partial charge in [0, 0.05) is 17.6 Å². The lowest BCUT2D eigenvalue weighted by molar-refractivity contribution is 0.667. The highest BCUT2D eigenvalue weighted by atomic mass is 32.2. The van der Waals surface area contributed by atoms with Gasteiger partial charge < -0.3 is 11.1 Å². The van der Waals surface area contributed by atoms with Crippen LogP contribution >= 0.6 is 11.8 Å². The molecule has 1 aromatic heterocycles. The Morgan fingerprint density at radius 2 is 2.06 bits per heavy atom. The Bertz CT molecular complexity index is 550. The molecule has 3 N–H and O–H groups in total. The molecular formula is C14H17N3S. The number of benzene rings is 1. The molecule has 0 bridgehead atoms. The first kappa shape index (κ1) is 11.7. The Hall–Kier alpha value is -1.42. The fraction of sp³-hybridized carbons (Fsp3) is 0.357. The molecule has 0 spiro atoms. The van der Waals surface area contributed by atoms with E-state index in [1.165, 1.54) is 24.3 Å². The number of pyridine rings is 1. The molecule has 2 heterocycles. The van der Waals surface area contributed by atoms with Crippen LogP contribution in [0.1, 0.15) is 12.8 Å². The van der Waals surface area contributed by atoms with E-state index in [1.54, 1.807) is 6.20 Å². The lowest BCUT2D eigenvalue weighted by Crippen LogP contribution is -2.24. The summed E-state index contributed by atoms with van der Waals surface area (Å²) in [4.78, 5) is 4.32. The number of hydrogen-bond donors (Lipinski definition) is 2. The number of nitrogen functional groups attached to an aromatic ring is 1. The second-order valence-corrected chi connectivity index (χ2v) is 5.85. The fourth-order valence-corrected chi connectivity index (χ4v) is 3.47. The van der Waals surface area contributed by atoms with E-state index in [9.17, 15) is 0 Å². The molecule has 1 aromatic carbocycles. The van der Waals surface area contributed by atoms with E-state index in [0.29, 0.717) is 6.04 Å². The molecule has 3 rings (SSSR count). The van der Waals surface area contributed by atoms with Crippen LogP contribution in [0.15, 0.2) is 30.5 Å². The van der Waals surface area contributed by atoms with Gasteiger partial charge in [0.1, 0.15) is 0 Å². The van der Waals surface area contributed by atoms with Crippen LogP contribution in [-0.2, 0) is 0 Å². The van der Waals surface area contributed by atoms with E-state index in [-0.39, 0.29) is 0 Å². The molecule has 3 nitrogen and oxygen atoms in total. The van der Waals surface area contributed by atoms with Crippen LogP contribution in [0.25, 0.3) is 10.9 Å². The van der Waals surface area contributed by atoms with Gasteiger partial charge in [-0.1, -0.05) is 0 Å². The first-order chi connectivity index (χ1) is 8.84. The molecule has 0 saturated carbocycles. The SMILES string of the molecule is Nc1c(NC2CCSCC2)ccc2ncccc12. The van der Waals surface area contributed by atoms with Gasteiger partial charge in [0.05, 0.1) is 16.9 Å². The molecule has 0 amide bonds. The van der Waals surface area contributed by atoms with Crippen molar-refractivity contribution >= 4 is 34.0 Å². The lowest BCUT2D eigenvalue weighted by Gasteiger charge is -2.24. The van der Waals surface area contributed by atoms with E-state index in [4.69, 9.17) is 5.73 Å². The predicted octanol–water partition coefficient (Wildman–Crippen LogP) is 3.12. The van der Waals surface area contributed by atoms with Crippen molar-refractivity contribution in [3.05, 3.63) is 30.5 Å². The zero-order valence-corrected chi connectivity index (χ0v) is 11.0. The number of thioether (sulfide) groups is 1. The Morgan fingerprint density at radius 1 is 1.22 bits per heavy atom. The van der Waals surface area contributed by atoms with Crippen LogP contribution in [0.2, 0.25) is 0 Å². The van der Waals surface area contributed by atoms with Crippen molar-refractivity contribution in [2.45, 2.75) is 18.9 Å². The zero-order valence-electron chi connectivity index (χ0n) is 10.2. The summed E-state index contributed by atoms with van der Waals surface area (Å²) < 4.78 is 0. The summed E-state index contributed by atoms with van der Waals surface area (Å²) in [5, 5.41) is 4.61. The summed E-state index contributed by atoms with van der Waals surface area (Å²) in [6.45, 7) is 0. The molecule has 1 fully saturated rings. The first-order valence-electron chi connectivity index (χ1n) is 6.32. The number of rotatable bonds is 2. The van der Waals surface area contributed by atoms with Gasteiger partial charge in [-0.25, -0.2) is 0 Å². The Kier molecular flexibility index (Phi) is 3.28. The van der Waals surface area contributed by atoms with Gasteiger partial charge in [-0.3, -0.25) is 4.98 Å². The minimum absolute atomic E-state index is 0.558. The van der Waals surface area contributed by atoms with Gasteiger partial charge in [-0.2, -0.15) is 11.8 Å². The molecule has 2 aromatic rings. The average molecular weight is 259 g/mol.